The molecule has 0 radical (unpaired) electrons. The van der Waals surface area contributed by atoms with Crippen LogP contribution in [0.2, 0.25) is 0 Å². The van der Waals surface area contributed by atoms with Crippen molar-refractivity contribution in [1.29, 1.82) is 0 Å². The lowest BCUT2D eigenvalue weighted by atomic mass is 10.00. The van der Waals surface area contributed by atoms with Gasteiger partial charge in [0, 0.05) is 39.3 Å². The van der Waals surface area contributed by atoms with Gasteiger partial charge in [0.2, 0.25) is 5.91 Å². The van der Waals surface area contributed by atoms with Crippen LogP contribution in [0, 0.1) is 0 Å². The van der Waals surface area contributed by atoms with Crippen LogP contribution in [0.1, 0.15) is 17.5 Å². The maximum atomic E-state index is 11.9. The Morgan fingerprint density at radius 1 is 1.29 bits per heavy atom. The molecule has 2 heterocycles. The molecule has 24 heavy (non-hydrogen) atoms. The molecule has 1 aromatic carbocycles. The van der Waals surface area contributed by atoms with Crippen molar-refractivity contribution in [3.63, 3.8) is 0 Å². The molecule has 0 spiro atoms. The highest BCUT2D eigenvalue weighted by Gasteiger charge is 2.21. The molecular formula is C17H27Cl2N3O2. The SMILES string of the molecule is Cl.Cl.O=C(NCCCN1CCc2ccccc2C1)C1CNCCO1. The molecule has 2 aliphatic heterocycles. The predicted octanol–water partition coefficient (Wildman–Crippen LogP) is 1.38. The maximum absolute atomic E-state index is 11.9. The summed E-state index contributed by atoms with van der Waals surface area (Å²) < 4.78 is 5.44. The number of amides is 1. The van der Waals surface area contributed by atoms with Gasteiger partial charge in [-0.05, 0) is 24.0 Å². The molecule has 136 valence electrons. The summed E-state index contributed by atoms with van der Waals surface area (Å²) >= 11 is 0. The van der Waals surface area contributed by atoms with Gasteiger partial charge in [-0.3, -0.25) is 9.69 Å². The van der Waals surface area contributed by atoms with Crippen molar-refractivity contribution < 1.29 is 9.53 Å². The zero-order valence-corrected chi connectivity index (χ0v) is 15.5. The van der Waals surface area contributed by atoms with E-state index in [1.807, 2.05) is 0 Å². The van der Waals surface area contributed by atoms with E-state index in [2.05, 4.69) is 39.8 Å². The Morgan fingerprint density at radius 2 is 2.08 bits per heavy atom. The van der Waals surface area contributed by atoms with Crippen LogP contribution in [0.5, 0.6) is 0 Å². The molecule has 2 aliphatic rings. The Hall–Kier alpha value is -0.850. The molecule has 0 bridgehead atoms. The lowest BCUT2D eigenvalue weighted by molar-refractivity contribution is -0.134. The van der Waals surface area contributed by atoms with E-state index in [4.69, 9.17) is 4.74 Å². The molecule has 2 N–H and O–H groups in total. The van der Waals surface area contributed by atoms with Crippen molar-refractivity contribution in [2.75, 3.05) is 39.3 Å². The van der Waals surface area contributed by atoms with E-state index in [0.29, 0.717) is 13.2 Å². The molecule has 0 aromatic heterocycles. The Bertz CT molecular complexity index is 510. The zero-order chi connectivity index (χ0) is 15.2. The normalized spacial score (nSPS) is 20.2. The first-order valence-corrected chi connectivity index (χ1v) is 8.22. The van der Waals surface area contributed by atoms with Gasteiger partial charge in [0.1, 0.15) is 6.10 Å². The number of rotatable bonds is 5. The van der Waals surface area contributed by atoms with Crippen LogP contribution in [0.4, 0.5) is 0 Å². The molecule has 1 aromatic rings. The standard InChI is InChI=1S/C17H25N3O2.2ClH/c21-17(16-12-18-8-11-22-16)19-7-3-9-20-10-6-14-4-1-2-5-15(14)13-20;;/h1-2,4-5,16,18H,3,6-13H2,(H,19,21);2*1H. The number of fused-ring (bicyclic) bond motifs is 1. The van der Waals surface area contributed by atoms with Crippen molar-refractivity contribution in [2.45, 2.75) is 25.5 Å². The van der Waals surface area contributed by atoms with Gasteiger partial charge in [-0.25, -0.2) is 0 Å². The van der Waals surface area contributed by atoms with Crippen LogP contribution < -0.4 is 10.6 Å². The summed E-state index contributed by atoms with van der Waals surface area (Å²) in [5.41, 5.74) is 2.92. The first-order chi connectivity index (χ1) is 10.8. The number of nitrogens with one attached hydrogen (secondary N) is 2. The van der Waals surface area contributed by atoms with Crippen LogP contribution in [0.3, 0.4) is 0 Å². The van der Waals surface area contributed by atoms with Crippen LogP contribution in [-0.4, -0.2) is 56.2 Å². The maximum Gasteiger partial charge on any atom is 0.250 e. The third-order valence-corrected chi connectivity index (χ3v) is 4.38. The van der Waals surface area contributed by atoms with Crippen LogP contribution >= 0.6 is 24.8 Å². The van der Waals surface area contributed by atoms with E-state index < -0.39 is 0 Å². The Balaban J connectivity index is 0.00000144. The second kappa shape index (κ2) is 10.9. The molecule has 3 rings (SSSR count). The minimum atomic E-state index is -0.324. The Kier molecular flexibility index (Phi) is 9.63. The second-order valence-corrected chi connectivity index (χ2v) is 6.00. The largest absolute Gasteiger partial charge is 0.366 e. The summed E-state index contributed by atoms with van der Waals surface area (Å²) in [6.45, 7) is 5.95. The molecular weight excluding hydrogens is 349 g/mol. The number of morpholine rings is 1. The number of carbonyl (C=O) groups is 1. The molecule has 7 heteroatoms. The molecule has 0 aliphatic carbocycles. The van der Waals surface area contributed by atoms with Gasteiger partial charge < -0.3 is 15.4 Å². The van der Waals surface area contributed by atoms with Crippen molar-refractivity contribution in [2.24, 2.45) is 0 Å². The number of benzene rings is 1. The predicted molar refractivity (Wildman–Crippen MR) is 100 cm³/mol. The minimum Gasteiger partial charge on any atom is -0.366 e. The minimum absolute atomic E-state index is 0. The fourth-order valence-corrected chi connectivity index (χ4v) is 3.11. The van der Waals surface area contributed by atoms with E-state index >= 15 is 0 Å². The summed E-state index contributed by atoms with van der Waals surface area (Å²) in [4.78, 5) is 14.4. The summed E-state index contributed by atoms with van der Waals surface area (Å²) in [6, 6.07) is 8.68. The lowest BCUT2D eigenvalue weighted by Crippen LogP contribution is -2.48. The van der Waals surface area contributed by atoms with Crippen LogP contribution in [0.25, 0.3) is 0 Å². The molecule has 1 saturated heterocycles. The average molecular weight is 376 g/mol. The highest BCUT2D eigenvalue weighted by atomic mass is 35.5. The van der Waals surface area contributed by atoms with Crippen molar-refractivity contribution in [3.8, 4) is 0 Å². The molecule has 1 fully saturated rings. The second-order valence-electron chi connectivity index (χ2n) is 6.00. The van der Waals surface area contributed by atoms with E-state index in [9.17, 15) is 4.79 Å². The van der Waals surface area contributed by atoms with Gasteiger partial charge in [-0.2, -0.15) is 0 Å². The summed E-state index contributed by atoms with van der Waals surface area (Å²) in [5, 5.41) is 6.15. The lowest BCUT2D eigenvalue weighted by Gasteiger charge is -2.28. The van der Waals surface area contributed by atoms with E-state index in [1.165, 1.54) is 11.1 Å². The molecule has 1 unspecified atom stereocenters. The number of hydrogen-bond donors (Lipinski definition) is 2. The van der Waals surface area contributed by atoms with Gasteiger partial charge in [0.25, 0.3) is 0 Å². The zero-order valence-electron chi connectivity index (χ0n) is 13.8. The third kappa shape index (κ3) is 5.90. The summed E-state index contributed by atoms with van der Waals surface area (Å²) in [7, 11) is 0. The number of carbonyl (C=O) groups excluding carboxylic acids is 1. The van der Waals surface area contributed by atoms with Gasteiger partial charge in [-0.1, -0.05) is 24.3 Å². The summed E-state index contributed by atoms with van der Waals surface area (Å²) in [6.07, 6.45) is 1.79. The number of hydrogen-bond acceptors (Lipinski definition) is 4. The van der Waals surface area contributed by atoms with Gasteiger partial charge in [0.05, 0.1) is 6.61 Å². The van der Waals surface area contributed by atoms with Gasteiger partial charge >= 0.3 is 0 Å². The first kappa shape index (κ1) is 21.2. The smallest absolute Gasteiger partial charge is 0.250 e. The molecule has 0 saturated carbocycles. The first-order valence-electron chi connectivity index (χ1n) is 8.22. The number of ether oxygens (including phenoxy) is 1. The number of halogens is 2. The third-order valence-electron chi connectivity index (χ3n) is 4.38. The molecule has 5 nitrogen and oxygen atoms in total. The molecule has 1 atom stereocenters. The van der Waals surface area contributed by atoms with E-state index in [-0.39, 0.29) is 36.8 Å². The van der Waals surface area contributed by atoms with Gasteiger partial charge in [-0.15, -0.1) is 24.8 Å². The summed E-state index contributed by atoms with van der Waals surface area (Å²) in [5.74, 6) is 0.0104. The Labute approximate surface area is 156 Å². The van der Waals surface area contributed by atoms with Crippen molar-refractivity contribution in [3.05, 3.63) is 35.4 Å². The fraction of sp³-hybridized carbons (Fsp3) is 0.588. The monoisotopic (exact) mass is 375 g/mol. The topological polar surface area (TPSA) is 53.6 Å². The van der Waals surface area contributed by atoms with Gasteiger partial charge in [0.15, 0.2) is 0 Å². The van der Waals surface area contributed by atoms with Crippen molar-refractivity contribution in [1.82, 2.24) is 15.5 Å². The quantitative estimate of drug-likeness (QED) is 0.763. The Morgan fingerprint density at radius 3 is 2.83 bits per heavy atom. The van der Waals surface area contributed by atoms with Crippen LogP contribution in [-0.2, 0) is 22.5 Å². The highest BCUT2D eigenvalue weighted by Crippen LogP contribution is 2.18. The van der Waals surface area contributed by atoms with E-state index in [0.717, 1.165) is 45.6 Å². The fourth-order valence-electron chi connectivity index (χ4n) is 3.11. The molecule has 1 amide bonds. The highest BCUT2D eigenvalue weighted by molar-refractivity contribution is 5.85. The van der Waals surface area contributed by atoms with E-state index in [1.54, 1.807) is 0 Å². The number of nitrogens with zero attached hydrogens (tertiary/aromatic N) is 1. The van der Waals surface area contributed by atoms with Crippen molar-refractivity contribution >= 4 is 30.7 Å². The average Bonchev–Trinajstić information content (AvgIpc) is 2.59. The van der Waals surface area contributed by atoms with Crippen LogP contribution in [0.15, 0.2) is 24.3 Å².